The first-order valence-electron chi connectivity index (χ1n) is 3.55. The largest absolute Gasteiger partial charge is 0.509 e. The zero-order valence-corrected chi connectivity index (χ0v) is 6.98. The molecule has 1 N–H and O–H groups in total. The third-order valence-electron chi connectivity index (χ3n) is 1.30. The predicted molar refractivity (Wildman–Crippen MR) is 40.4 cm³/mol. The highest BCUT2D eigenvalue weighted by molar-refractivity contribution is 5.03. The van der Waals surface area contributed by atoms with Gasteiger partial charge in [0, 0.05) is 11.8 Å². The lowest BCUT2D eigenvalue weighted by atomic mass is 10.1. The van der Waals surface area contributed by atoms with Crippen molar-refractivity contribution < 1.29 is 9.50 Å². The van der Waals surface area contributed by atoms with Crippen molar-refractivity contribution in [3.8, 4) is 0 Å². The number of halogens is 1. The first kappa shape index (κ1) is 9.47. The second-order valence-corrected chi connectivity index (χ2v) is 3.04. The van der Waals surface area contributed by atoms with E-state index in [4.69, 9.17) is 5.11 Å². The molecule has 0 saturated carbocycles. The normalized spacial score (nSPS) is 14.3. The van der Waals surface area contributed by atoms with Gasteiger partial charge in [-0.2, -0.15) is 0 Å². The standard InChI is InChI=1S/C8H15FO/c1-5(2)7(9)8(10)6(3)4/h5-6,10H,1-4H3/b8-7-. The van der Waals surface area contributed by atoms with Gasteiger partial charge in [0.05, 0.1) is 0 Å². The van der Waals surface area contributed by atoms with Crippen molar-refractivity contribution in [1.82, 2.24) is 0 Å². The Balaban J connectivity index is 4.34. The molecule has 0 bridgehead atoms. The quantitative estimate of drug-likeness (QED) is 0.593. The Morgan fingerprint density at radius 1 is 1.10 bits per heavy atom. The summed E-state index contributed by atoms with van der Waals surface area (Å²) >= 11 is 0. The van der Waals surface area contributed by atoms with Crippen LogP contribution >= 0.6 is 0 Å². The highest BCUT2D eigenvalue weighted by Gasteiger charge is 2.11. The SMILES string of the molecule is CC(C)/C(O)=C(/F)C(C)C. The molecule has 60 valence electrons. The van der Waals surface area contributed by atoms with Gasteiger partial charge in [-0.25, -0.2) is 4.39 Å². The van der Waals surface area contributed by atoms with Crippen molar-refractivity contribution in [3.05, 3.63) is 11.6 Å². The van der Waals surface area contributed by atoms with Gasteiger partial charge in [0.25, 0.3) is 0 Å². The molecule has 0 aliphatic rings. The fraction of sp³-hybridized carbons (Fsp3) is 0.750. The van der Waals surface area contributed by atoms with Crippen molar-refractivity contribution in [3.63, 3.8) is 0 Å². The topological polar surface area (TPSA) is 20.2 Å². The monoisotopic (exact) mass is 146 g/mol. The molecule has 0 fully saturated rings. The summed E-state index contributed by atoms with van der Waals surface area (Å²) in [6.45, 7) is 6.95. The van der Waals surface area contributed by atoms with Crippen LogP contribution in [0, 0.1) is 11.8 Å². The van der Waals surface area contributed by atoms with Crippen LogP contribution in [0.4, 0.5) is 4.39 Å². The summed E-state index contributed by atoms with van der Waals surface area (Å²) in [4.78, 5) is 0. The average Bonchev–Trinajstić information content (AvgIpc) is 1.84. The van der Waals surface area contributed by atoms with E-state index in [0.29, 0.717) is 0 Å². The van der Waals surface area contributed by atoms with Gasteiger partial charge in [0.15, 0.2) is 0 Å². The molecular formula is C8H15FO. The minimum absolute atomic E-state index is 0.109. The van der Waals surface area contributed by atoms with Crippen molar-refractivity contribution in [2.24, 2.45) is 11.8 Å². The van der Waals surface area contributed by atoms with Crippen molar-refractivity contribution >= 4 is 0 Å². The number of hydrogen-bond acceptors (Lipinski definition) is 1. The summed E-state index contributed by atoms with van der Waals surface area (Å²) < 4.78 is 12.8. The van der Waals surface area contributed by atoms with E-state index in [1.165, 1.54) is 0 Å². The maximum Gasteiger partial charge on any atom is 0.140 e. The van der Waals surface area contributed by atoms with Gasteiger partial charge < -0.3 is 5.11 Å². The van der Waals surface area contributed by atoms with Crippen molar-refractivity contribution in [2.45, 2.75) is 27.7 Å². The van der Waals surface area contributed by atoms with Gasteiger partial charge in [-0.15, -0.1) is 0 Å². The van der Waals surface area contributed by atoms with Crippen LogP contribution < -0.4 is 0 Å². The summed E-state index contributed by atoms with van der Waals surface area (Å²) in [6.07, 6.45) is 0. The molecule has 0 amide bonds. The lowest BCUT2D eigenvalue weighted by Gasteiger charge is -2.07. The minimum atomic E-state index is -0.394. The van der Waals surface area contributed by atoms with Crippen LogP contribution in [-0.4, -0.2) is 5.11 Å². The fourth-order valence-corrected chi connectivity index (χ4v) is 0.572. The Labute approximate surface area is 61.6 Å². The molecule has 2 heteroatoms. The molecule has 0 rings (SSSR count). The van der Waals surface area contributed by atoms with E-state index in [2.05, 4.69) is 0 Å². The number of aliphatic hydroxyl groups is 1. The smallest absolute Gasteiger partial charge is 0.140 e. The third-order valence-corrected chi connectivity index (χ3v) is 1.30. The van der Waals surface area contributed by atoms with Crippen molar-refractivity contribution in [1.29, 1.82) is 0 Å². The average molecular weight is 146 g/mol. The zero-order chi connectivity index (χ0) is 8.31. The molecule has 0 aromatic heterocycles. The molecule has 0 heterocycles. The van der Waals surface area contributed by atoms with E-state index in [1.54, 1.807) is 27.7 Å². The second kappa shape index (κ2) is 3.59. The maximum atomic E-state index is 12.8. The van der Waals surface area contributed by atoms with E-state index >= 15 is 0 Å². The molecule has 0 aliphatic carbocycles. The molecule has 0 unspecified atom stereocenters. The summed E-state index contributed by atoms with van der Waals surface area (Å²) in [6, 6.07) is 0. The van der Waals surface area contributed by atoms with Crippen LogP contribution in [0.1, 0.15) is 27.7 Å². The zero-order valence-electron chi connectivity index (χ0n) is 6.98. The first-order chi connectivity index (χ1) is 4.46. The van der Waals surface area contributed by atoms with E-state index in [-0.39, 0.29) is 17.6 Å². The Kier molecular flexibility index (Phi) is 3.40. The van der Waals surface area contributed by atoms with Crippen LogP contribution in [0.5, 0.6) is 0 Å². The molecule has 10 heavy (non-hydrogen) atoms. The molecule has 0 saturated heterocycles. The highest BCUT2D eigenvalue weighted by Crippen LogP contribution is 2.19. The summed E-state index contributed by atoms with van der Waals surface area (Å²) in [5.41, 5.74) is 0. The molecule has 0 spiro atoms. The van der Waals surface area contributed by atoms with Crippen LogP contribution in [0.3, 0.4) is 0 Å². The number of rotatable bonds is 2. The third kappa shape index (κ3) is 2.38. The van der Waals surface area contributed by atoms with E-state index in [9.17, 15) is 4.39 Å². The molecule has 0 aliphatic heterocycles. The van der Waals surface area contributed by atoms with Crippen molar-refractivity contribution in [2.75, 3.05) is 0 Å². The second-order valence-electron chi connectivity index (χ2n) is 3.04. The summed E-state index contributed by atoms with van der Waals surface area (Å²) in [7, 11) is 0. The van der Waals surface area contributed by atoms with E-state index < -0.39 is 5.83 Å². The molecule has 0 aromatic carbocycles. The number of aliphatic hydroxyl groups excluding tert-OH is 1. The van der Waals surface area contributed by atoms with Crippen LogP contribution in [0.15, 0.2) is 11.6 Å². The van der Waals surface area contributed by atoms with Gasteiger partial charge in [-0.1, -0.05) is 27.7 Å². The van der Waals surface area contributed by atoms with E-state index in [0.717, 1.165) is 0 Å². The van der Waals surface area contributed by atoms with E-state index in [1.807, 2.05) is 0 Å². The molecule has 0 aromatic rings. The number of allylic oxidation sites excluding steroid dienone is 2. The van der Waals surface area contributed by atoms with Gasteiger partial charge in [-0.3, -0.25) is 0 Å². The predicted octanol–water partition coefficient (Wildman–Crippen LogP) is 3.04. The maximum absolute atomic E-state index is 12.8. The Morgan fingerprint density at radius 2 is 1.50 bits per heavy atom. The van der Waals surface area contributed by atoms with Gasteiger partial charge in [-0.05, 0) is 0 Å². The summed E-state index contributed by atoms with van der Waals surface area (Å²) in [5.74, 6) is -0.824. The van der Waals surface area contributed by atoms with Crippen LogP contribution in [0.2, 0.25) is 0 Å². The Morgan fingerprint density at radius 3 is 1.60 bits per heavy atom. The molecule has 0 atom stereocenters. The van der Waals surface area contributed by atoms with Crippen LogP contribution in [-0.2, 0) is 0 Å². The molecule has 1 nitrogen and oxygen atoms in total. The van der Waals surface area contributed by atoms with Crippen LogP contribution in [0.25, 0.3) is 0 Å². The fourth-order valence-electron chi connectivity index (χ4n) is 0.572. The number of hydrogen-bond donors (Lipinski definition) is 1. The molecular weight excluding hydrogens is 131 g/mol. The van der Waals surface area contributed by atoms with Gasteiger partial charge in [0.1, 0.15) is 11.6 Å². The highest BCUT2D eigenvalue weighted by atomic mass is 19.1. The first-order valence-corrected chi connectivity index (χ1v) is 3.55. The Hall–Kier alpha value is -0.530. The Bertz CT molecular complexity index is 120. The lowest BCUT2D eigenvalue weighted by Crippen LogP contribution is -2.00. The summed E-state index contributed by atoms with van der Waals surface area (Å²) in [5, 5.41) is 9.07. The minimum Gasteiger partial charge on any atom is -0.509 e. The molecule has 0 radical (unpaired) electrons. The van der Waals surface area contributed by atoms with Gasteiger partial charge >= 0.3 is 0 Å². The lowest BCUT2D eigenvalue weighted by molar-refractivity contribution is 0.309. The van der Waals surface area contributed by atoms with Gasteiger partial charge in [0.2, 0.25) is 0 Å².